The minimum absolute atomic E-state index is 0. The zero-order valence-corrected chi connectivity index (χ0v) is 32.8. The summed E-state index contributed by atoms with van der Waals surface area (Å²) in [7, 11) is 4.21. The first kappa shape index (κ1) is 38.6. The van der Waals surface area contributed by atoms with Gasteiger partial charge < -0.3 is 9.64 Å². The number of ether oxygens (including phenoxy) is 1. The van der Waals surface area contributed by atoms with Gasteiger partial charge in [0, 0.05) is 40.1 Å². The van der Waals surface area contributed by atoms with Crippen LogP contribution < -0.4 is 0 Å². The van der Waals surface area contributed by atoms with Crippen LogP contribution in [-0.4, -0.2) is 48.7 Å². The fourth-order valence-corrected chi connectivity index (χ4v) is 11.3. The number of benzene rings is 2. The number of nitrogens with zero attached hydrogens (tertiary/aromatic N) is 1. The third-order valence-electron chi connectivity index (χ3n) is 12.4. The molecule has 6 atom stereocenters. The molecule has 268 valence electrons. The lowest BCUT2D eigenvalue weighted by Crippen LogP contribution is -2.58. The Bertz CT molecular complexity index is 1780. The van der Waals surface area contributed by atoms with E-state index in [1.807, 2.05) is 23.9 Å². The number of fused-ring (bicyclic) bond motifs is 7. The number of carbonyl (C=O) groups excluding carboxylic acids is 3. The largest absolute Gasteiger partial charge is 0.451 e. The first-order chi connectivity index (χ1) is 23.2. The van der Waals surface area contributed by atoms with E-state index in [0.29, 0.717) is 30.6 Å². The van der Waals surface area contributed by atoms with Crippen LogP contribution in [0.2, 0.25) is 5.02 Å². The second kappa shape index (κ2) is 14.8. The molecule has 5 aliphatic rings. The van der Waals surface area contributed by atoms with E-state index in [0.717, 1.165) is 43.7 Å². The fourth-order valence-electron chi connectivity index (χ4n) is 10.0. The predicted octanol–water partition coefficient (Wildman–Crippen LogP) is 10.2. The van der Waals surface area contributed by atoms with Crippen molar-refractivity contribution in [2.24, 2.45) is 28.6 Å². The number of hydrogen-bond donors (Lipinski definition) is 0. The highest BCUT2D eigenvalue weighted by molar-refractivity contribution is 7.99. The van der Waals surface area contributed by atoms with Crippen molar-refractivity contribution in [2.75, 3.05) is 20.6 Å². The van der Waals surface area contributed by atoms with Crippen molar-refractivity contribution in [3.8, 4) is 0 Å². The Morgan fingerprint density at radius 1 is 1.00 bits per heavy atom. The summed E-state index contributed by atoms with van der Waals surface area (Å²) in [6.07, 6.45) is 12.6. The lowest BCUT2D eigenvalue weighted by molar-refractivity contribution is -0.185. The Labute approximate surface area is 313 Å². The monoisotopic (exact) mass is 735 g/mol. The van der Waals surface area contributed by atoms with Crippen molar-refractivity contribution in [3.05, 3.63) is 88.0 Å². The minimum atomic E-state index is -0.990. The molecule has 1 heterocycles. The summed E-state index contributed by atoms with van der Waals surface area (Å²) in [5, 5.41) is 0.798. The van der Waals surface area contributed by atoms with Crippen LogP contribution in [0.4, 0.5) is 0 Å². The number of hydrogen-bond acceptors (Lipinski definition) is 6. The summed E-state index contributed by atoms with van der Waals surface area (Å²) in [6.45, 7) is 10.7. The van der Waals surface area contributed by atoms with Gasteiger partial charge in [-0.15, -0.1) is 12.4 Å². The summed E-state index contributed by atoms with van der Waals surface area (Å²) in [5.74, 6) is 1.03. The zero-order valence-electron chi connectivity index (χ0n) is 30.4. The second-order valence-corrected chi connectivity index (χ2v) is 17.0. The molecule has 0 saturated heterocycles. The van der Waals surface area contributed by atoms with E-state index >= 15 is 0 Å². The van der Waals surface area contributed by atoms with Gasteiger partial charge in [-0.05, 0) is 142 Å². The van der Waals surface area contributed by atoms with Gasteiger partial charge in [0.15, 0.2) is 17.2 Å². The topological polar surface area (TPSA) is 63.7 Å². The molecular formula is C42H51Cl2NO4S. The average Bonchev–Trinajstić information content (AvgIpc) is 3.34. The highest BCUT2D eigenvalue weighted by atomic mass is 35.5. The molecule has 4 aliphatic carbocycles. The predicted molar refractivity (Wildman–Crippen MR) is 206 cm³/mol. The molecular weight excluding hydrogens is 685 g/mol. The van der Waals surface area contributed by atoms with Crippen molar-refractivity contribution >= 4 is 58.9 Å². The van der Waals surface area contributed by atoms with Crippen LogP contribution in [-0.2, 0) is 19.1 Å². The SMILES string of the molecule is CC(=O)OC1(C(C)=O)CCC2C3C=C(C)C4=CC(=O)CCC4(C)C3CCC21C.CN(C)CCC=C1c2ccccc2Sc2ccc(Cl)cc21.Cl. The Morgan fingerprint density at radius 3 is 2.40 bits per heavy atom. The highest BCUT2D eigenvalue weighted by Gasteiger charge is 2.67. The molecule has 0 bridgehead atoms. The Hall–Kier alpha value is -2.64. The van der Waals surface area contributed by atoms with E-state index in [2.05, 4.69) is 88.3 Å². The number of ketones is 2. The van der Waals surface area contributed by atoms with Gasteiger partial charge in [-0.25, -0.2) is 0 Å². The number of allylic oxidation sites excluding steroid dienone is 4. The van der Waals surface area contributed by atoms with Gasteiger partial charge in [-0.3, -0.25) is 14.4 Å². The molecule has 0 spiro atoms. The molecule has 0 aromatic heterocycles. The lowest BCUT2D eigenvalue weighted by atomic mass is 9.47. The van der Waals surface area contributed by atoms with Gasteiger partial charge in [0.25, 0.3) is 0 Å². The van der Waals surface area contributed by atoms with Crippen LogP contribution in [0.15, 0.2) is 81.6 Å². The molecule has 0 amide bonds. The number of esters is 1. The van der Waals surface area contributed by atoms with Crippen molar-refractivity contribution in [2.45, 2.75) is 95.0 Å². The maximum atomic E-state index is 12.8. The van der Waals surface area contributed by atoms with Gasteiger partial charge in [0.1, 0.15) is 0 Å². The molecule has 6 unspecified atom stereocenters. The van der Waals surface area contributed by atoms with Crippen LogP contribution in [0.5, 0.6) is 0 Å². The maximum absolute atomic E-state index is 12.8. The van der Waals surface area contributed by atoms with Crippen LogP contribution in [0.3, 0.4) is 0 Å². The highest BCUT2D eigenvalue weighted by Crippen LogP contribution is 2.68. The first-order valence-corrected chi connectivity index (χ1v) is 19.0. The molecule has 2 aromatic rings. The van der Waals surface area contributed by atoms with Gasteiger partial charge in [0.05, 0.1) is 0 Å². The fraction of sp³-hybridized carbons (Fsp3) is 0.500. The van der Waals surface area contributed by atoms with Crippen LogP contribution in [0, 0.1) is 28.6 Å². The first-order valence-electron chi connectivity index (χ1n) is 17.8. The lowest BCUT2D eigenvalue weighted by Gasteiger charge is -2.58. The van der Waals surface area contributed by atoms with E-state index in [4.69, 9.17) is 16.3 Å². The molecule has 2 aromatic carbocycles. The summed E-state index contributed by atoms with van der Waals surface area (Å²) in [5.41, 5.74) is 5.03. The van der Waals surface area contributed by atoms with E-state index < -0.39 is 5.60 Å². The van der Waals surface area contributed by atoms with E-state index in [1.165, 1.54) is 44.6 Å². The normalized spacial score (nSPS) is 31.3. The van der Waals surface area contributed by atoms with Crippen LogP contribution >= 0.6 is 35.8 Å². The van der Waals surface area contributed by atoms with Crippen molar-refractivity contribution in [1.82, 2.24) is 4.90 Å². The third kappa shape index (κ3) is 6.71. The summed E-state index contributed by atoms with van der Waals surface area (Å²) in [4.78, 5) is 41.6. The second-order valence-electron chi connectivity index (χ2n) is 15.5. The number of halogens is 2. The third-order valence-corrected chi connectivity index (χ3v) is 13.8. The van der Waals surface area contributed by atoms with E-state index in [1.54, 1.807) is 6.92 Å². The number of Topliss-reactive ketones (excluding diaryl/α,β-unsaturated/α-hetero) is 1. The van der Waals surface area contributed by atoms with Gasteiger partial charge in [-0.2, -0.15) is 0 Å². The average molecular weight is 737 g/mol. The Kier molecular flexibility index (Phi) is 11.4. The van der Waals surface area contributed by atoms with Crippen molar-refractivity contribution in [3.63, 3.8) is 0 Å². The van der Waals surface area contributed by atoms with Crippen molar-refractivity contribution in [1.29, 1.82) is 0 Å². The summed E-state index contributed by atoms with van der Waals surface area (Å²) >= 11 is 8.03. The Morgan fingerprint density at radius 2 is 1.70 bits per heavy atom. The number of rotatable bonds is 5. The van der Waals surface area contributed by atoms with Crippen LogP contribution in [0.25, 0.3) is 5.57 Å². The zero-order chi connectivity index (χ0) is 35.3. The standard InChI is InChI=1S/C24H32O4.C18H18ClNS.ClH/c1-14-12-18-19(22(4)9-6-17(27)13-21(14)22)7-10-23(5)20(18)8-11-24(23,15(2)25)28-16(3)26;1-20(2)11-5-7-14-15-6-3-4-8-17(15)21-18-10-9-13(19)12-16(14)18;/h12-13,18-20H,6-11H2,1-5H3;3-4,6-10,12H,5,11H2,1-2H3;1H. The van der Waals surface area contributed by atoms with E-state index in [9.17, 15) is 14.4 Å². The smallest absolute Gasteiger partial charge is 0.303 e. The van der Waals surface area contributed by atoms with Crippen molar-refractivity contribution < 1.29 is 19.1 Å². The van der Waals surface area contributed by atoms with Gasteiger partial charge in [-0.1, -0.05) is 73.1 Å². The maximum Gasteiger partial charge on any atom is 0.303 e. The molecule has 2 saturated carbocycles. The van der Waals surface area contributed by atoms with Crippen LogP contribution in [0.1, 0.15) is 90.7 Å². The van der Waals surface area contributed by atoms with Gasteiger partial charge >= 0.3 is 5.97 Å². The molecule has 5 nitrogen and oxygen atoms in total. The molecule has 0 radical (unpaired) electrons. The quantitative estimate of drug-likeness (QED) is 0.243. The number of carbonyl (C=O) groups is 3. The minimum Gasteiger partial charge on any atom is -0.451 e. The van der Waals surface area contributed by atoms with E-state index in [-0.39, 0.29) is 40.8 Å². The Balaban J connectivity index is 0.000000198. The molecule has 2 fully saturated rings. The molecule has 1 aliphatic heterocycles. The molecule has 50 heavy (non-hydrogen) atoms. The summed E-state index contributed by atoms with van der Waals surface area (Å²) < 4.78 is 5.82. The molecule has 0 N–H and O–H groups in total. The summed E-state index contributed by atoms with van der Waals surface area (Å²) in [6, 6.07) is 14.8. The van der Waals surface area contributed by atoms with Gasteiger partial charge in [0.2, 0.25) is 0 Å². The molecule has 7 rings (SSSR count). The molecule has 8 heteroatoms.